The Bertz CT molecular complexity index is 915. The fourth-order valence-electron chi connectivity index (χ4n) is 2.45. The summed E-state index contributed by atoms with van der Waals surface area (Å²) in [5.41, 5.74) is 1.37. The van der Waals surface area contributed by atoms with Crippen LogP contribution in [0.2, 0.25) is 5.02 Å². The summed E-state index contributed by atoms with van der Waals surface area (Å²) in [6.07, 6.45) is 1.09. The van der Waals surface area contributed by atoms with E-state index in [0.29, 0.717) is 11.4 Å². The zero-order valence-corrected chi connectivity index (χ0v) is 16.6. The molecule has 0 aromatic heterocycles. The summed E-state index contributed by atoms with van der Waals surface area (Å²) in [5.74, 6) is 0.258. The molecule has 1 N–H and O–H groups in total. The molecule has 2 rings (SSSR count). The topological polar surface area (TPSA) is 75.7 Å². The van der Waals surface area contributed by atoms with Gasteiger partial charge in [0.15, 0.2) is 0 Å². The molecule has 2 aromatic carbocycles. The molecular formula is C18H21ClN2O4S. The molecule has 0 fully saturated rings. The van der Waals surface area contributed by atoms with Crippen LogP contribution < -0.4 is 14.4 Å². The smallest absolute Gasteiger partial charge is 0.253 e. The lowest BCUT2D eigenvalue weighted by Crippen LogP contribution is -2.28. The van der Waals surface area contributed by atoms with Crippen LogP contribution in [0.25, 0.3) is 0 Å². The van der Waals surface area contributed by atoms with E-state index in [-0.39, 0.29) is 16.6 Å². The highest BCUT2D eigenvalue weighted by Crippen LogP contribution is 2.27. The molecule has 0 aliphatic carbocycles. The van der Waals surface area contributed by atoms with Gasteiger partial charge in [0.2, 0.25) is 10.0 Å². The van der Waals surface area contributed by atoms with Gasteiger partial charge in [-0.1, -0.05) is 29.8 Å². The number of hydrogen-bond donors (Lipinski definition) is 1. The molecule has 0 heterocycles. The second-order valence-electron chi connectivity index (χ2n) is 5.83. The number of rotatable bonds is 6. The van der Waals surface area contributed by atoms with Crippen LogP contribution in [0.15, 0.2) is 42.5 Å². The maximum Gasteiger partial charge on any atom is 0.253 e. The van der Waals surface area contributed by atoms with E-state index >= 15 is 0 Å². The van der Waals surface area contributed by atoms with Gasteiger partial charge in [0.1, 0.15) is 5.75 Å². The van der Waals surface area contributed by atoms with Crippen molar-refractivity contribution < 1.29 is 17.9 Å². The van der Waals surface area contributed by atoms with E-state index < -0.39 is 15.9 Å². The van der Waals surface area contributed by atoms with Crippen molar-refractivity contribution in [3.63, 3.8) is 0 Å². The predicted molar refractivity (Wildman–Crippen MR) is 104 cm³/mol. The molecule has 0 aliphatic rings. The number of carbonyl (C=O) groups is 1. The predicted octanol–water partition coefficient (Wildman–Crippen LogP) is 3.24. The first-order chi connectivity index (χ1) is 12.1. The number of amides is 1. The van der Waals surface area contributed by atoms with Gasteiger partial charge < -0.3 is 10.1 Å². The van der Waals surface area contributed by atoms with E-state index in [9.17, 15) is 13.2 Å². The maximum absolute atomic E-state index is 12.7. The number of nitrogens with one attached hydrogen (secondary N) is 1. The quantitative estimate of drug-likeness (QED) is 0.813. The Morgan fingerprint density at radius 2 is 1.88 bits per heavy atom. The van der Waals surface area contributed by atoms with Gasteiger partial charge in [0.25, 0.3) is 5.91 Å². The van der Waals surface area contributed by atoms with Crippen molar-refractivity contribution in [3.05, 3.63) is 58.6 Å². The van der Waals surface area contributed by atoms with Crippen molar-refractivity contribution >= 4 is 33.2 Å². The Labute approximate surface area is 158 Å². The van der Waals surface area contributed by atoms with Crippen LogP contribution in [0.5, 0.6) is 5.75 Å². The average Bonchev–Trinajstić information content (AvgIpc) is 2.60. The van der Waals surface area contributed by atoms with Gasteiger partial charge in [-0.15, -0.1) is 0 Å². The second-order valence-corrected chi connectivity index (χ2v) is 8.25. The van der Waals surface area contributed by atoms with E-state index in [1.54, 1.807) is 13.2 Å². The fourth-order valence-corrected chi connectivity index (χ4v) is 3.15. The molecule has 26 heavy (non-hydrogen) atoms. The largest absolute Gasteiger partial charge is 0.496 e. The minimum atomic E-state index is -3.44. The van der Waals surface area contributed by atoms with Crippen LogP contribution >= 0.6 is 11.6 Å². The minimum absolute atomic E-state index is 0.196. The minimum Gasteiger partial charge on any atom is -0.496 e. The number of anilines is 1. The first-order valence-electron chi connectivity index (χ1n) is 7.82. The summed E-state index contributed by atoms with van der Waals surface area (Å²) >= 11 is 6.14. The van der Waals surface area contributed by atoms with Crippen molar-refractivity contribution in [1.82, 2.24) is 5.32 Å². The van der Waals surface area contributed by atoms with Crippen LogP contribution in [0.3, 0.4) is 0 Å². The number of methoxy groups -OCH3 is 1. The molecule has 0 bridgehead atoms. The molecule has 0 radical (unpaired) electrons. The highest BCUT2D eigenvalue weighted by atomic mass is 35.5. The van der Waals surface area contributed by atoms with Gasteiger partial charge in [0.05, 0.1) is 35.7 Å². The van der Waals surface area contributed by atoms with Crippen LogP contribution in [0.4, 0.5) is 5.69 Å². The SMILES string of the molecule is COc1ccccc1[C@@H](C)NC(=O)c1cc(N(C)S(C)(=O)=O)ccc1Cl. The summed E-state index contributed by atoms with van der Waals surface area (Å²) in [6.45, 7) is 1.83. The lowest BCUT2D eigenvalue weighted by atomic mass is 10.1. The standard InChI is InChI=1S/C18H21ClN2O4S/c1-12(14-7-5-6-8-17(14)25-3)20-18(22)15-11-13(9-10-16(15)19)21(2)26(4,23)24/h5-12H,1-4H3,(H,20,22)/t12-/m1/s1. The summed E-state index contributed by atoms with van der Waals surface area (Å²) in [6, 6.07) is 11.5. The molecule has 6 nitrogen and oxygen atoms in total. The molecule has 0 unspecified atom stereocenters. The maximum atomic E-state index is 12.7. The number of para-hydroxylation sites is 1. The third-order valence-electron chi connectivity index (χ3n) is 4.01. The van der Waals surface area contributed by atoms with Gasteiger partial charge >= 0.3 is 0 Å². The lowest BCUT2D eigenvalue weighted by Gasteiger charge is -2.20. The zero-order chi connectivity index (χ0) is 19.5. The lowest BCUT2D eigenvalue weighted by molar-refractivity contribution is 0.0939. The average molecular weight is 397 g/mol. The number of halogens is 1. The Morgan fingerprint density at radius 1 is 1.23 bits per heavy atom. The molecule has 1 atom stereocenters. The van der Waals surface area contributed by atoms with Gasteiger partial charge in [-0.2, -0.15) is 0 Å². The second kappa shape index (κ2) is 7.97. The fraction of sp³-hybridized carbons (Fsp3) is 0.278. The molecule has 0 saturated heterocycles. The van der Waals surface area contributed by atoms with Crippen molar-refractivity contribution in [2.45, 2.75) is 13.0 Å². The molecule has 1 amide bonds. The molecule has 2 aromatic rings. The van der Waals surface area contributed by atoms with Crippen molar-refractivity contribution in [3.8, 4) is 5.75 Å². The molecule has 8 heteroatoms. The van der Waals surface area contributed by atoms with Crippen LogP contribution in [-0.4, -0.2) is 34.7 Å². The summed E-state index contributed by atoms with van der Waals surface area (Å²) in [4.78, 5) is 12.7. The van der Waals surface area contributed by atoms with Crippen LogP contribution in [0.1, 0.15) is 28.9 Å². The van der Waals surface area contributed by atoms with Crippen LogP contribution in [0, 0.1) is 0 Å². The first kappa shape index (κ1) is 20.1. The van der Waals surface area contributed by atoms with E-state index in [0.717, 1.165) is 16.1 Å². The molecule has 140 valence electrons. The number of carbonyl (C=O) groups excluding carboxylic acids is 1. The third-order valence-corrected chi connectivity index (χ3v) is 5.54. The monoisotopic (exact) mass is 396 g/mol. The molecule has 0 saturated carbocycles. The van der Waals surface area contributed by atoms with Crippen molar-refractivity contribution in [1.29, 1.82) is 0 Å². The Kier molecular flexibility index (Phi) is 6.15. The molecule has 0 spiro atoms. The zero-order valence-electron chi connectivity index (χ0n) is 15.0. The van der Waals surface area contributed by atoms with Gasteiger partial charge in [0, 0.05) is 12.6 Å². The van der Waals surface area contributed by atoms with E-state index in [1.807, 2.05) is 31.2 Å². The van der Waals surface area contributed by atoms with E-state index in [2.05, 4.69) is 5.32 Å². The Morgan fingerprint density at radius 3 is 2.50 bits per heavy atom. The number of hydrogen-bond acceptors (Lipinski definition) is 4. The van der Waals surface area contributed by atoms with Gasteiger partial charge in [-0.05, 0) is 31.2 Å². The first-order valence-corrected chi connectivity index (χ1v) is 10.0. The summed E-state index contributed by atoms with van der Waals surface area (Å²) in [5, 5.41) is 3.10. The van der Waals surface area contributed by atoms with Crippen molar-refractivity contribution in [2.75, 3.05) is 24.7 Å². The van der Waals surface area contributed by atoms with Crippen LogP contribution in [-0.2, 0) is 10.0 Å². The normalized spacial score (nSPS) is 12.3. The molecule has 0 aliphatic heterocycles. The highest BCUT2D eigenvalue weighted by Gasteiger charge is 2.19. The number of sulfonamides is 1. The number of ether oxygens (including phenoxy) is 1. The number of benzene rings is 2. The van der Waals surface area contributed by atoms with Crippen molar-refractivity contribution in [2.24, 2.45) is 0 Å². The summed E-state index contributed by atoms with van der Waals surface area (Å²) in [7, 11) is -0.466. The van der Waals surface area contributed by atoms with E-state index in [4.69, 9.17) is 16.3 Å². The highest BCUT2D eigenvalue weighted by molar-refractivity contribution is 7.92. The Hall–Kier alpha value is -2.25. The van der Waals surface area contributed by atoms with Gasteiger partial charge in [-0.3, -0.25) is 9.10 Å². The molecular weight excluding hydrogens is 376 g/mol. The van der Waals surface area contributed by atoms with E-state index in [1.165, 1.54) is 19.2 Å². The summed E-state index contributed by atoms with van der Waals surface area (Å²) < 4.78 is 29.8. The Balaban J connectivity index is 2.29. The third kappa shape index (κ3) is 4.47. The number of nitrogens with zero attached hydrogens (tertiary/aromatic N) is 1. The van der Waals surface area contributed by atoms with Gasteiger partial charge in [-0.25, -0.2) is 8.42 Å².